The highest BCUT2D eigenvalue weighted by Crippen LogP contribution is 2.31. The fourth-order valence-corrected chi connectivity index (χ4v) is 2.83. The number of nitrogens with zero attached hydrogens (tertiary/aromatic N) is 1. The molecule has 15 heavy (non-hydrogen) atoms. The Balaban J connectivity index is 2.31. The Labute approximate surface area is 99.3 Å². The second kappa shape index (κ2) is 4.30. The molecule has 0 fully saturated rings. The highest BCUT2D eigenvalue weighted by atomic mass is 35.5. The lowest BCUT2D eigenvalue weighted by Gasteiger charge is -1.91. The number of thiophene rings is 1. The third-order valence-electron chi connectivity index (χ3n) is 1.69. The van der Waals surface area contributed by atoms with E-state index in [1.165, 1.54) is 29.8 Å². The molecule has 0 amide bonds. The van der Waals surface area contributed by atoms with Crippen molar-refractivity contribution in [3.05, 3.63) is 26.9 Å². The number of esters is 1. The van der Waals surface area contributed by atoms with Crippen molar-refractivity contribution in [2.75, 3.05) is 7.11 Å². The van der Waals surface area contributed by atoms with Crippen molar-refractivity contribution in [2.45, 2.75) is 0 Å². The summed E-state index contributed by atoms with van der Waals surface area (Å²) in [4.78, 5) is 16.3. The first-order valence-electron chi connectivity index (χ1n) is 4.00. The van der Waals surface area contributed by atoms with Crippen molar-refractivity contribution in [1.82, 2.24) is 4.98 Å². The van der Waals surface area contributed by atoms with Crippen LogP contribution in [-0.2, 0) is 4.74 Å². The zero-order chi connectivity index (χ0) is 10.8. The van der Waals surface area contributed by atoms with Gasteiger partial charge in [0.2, 0.25) is 5.01 Å². The smallest absolute Gasteiger partial charge is 0.367 e. The summed E-state index contributed by atoms with van der Waals surface area (Å²) in [7, 11) is 1.34. The third-order valence-corrected chi connectivity index (χ3v) is 3.77. The molecule has 78 valence electrons. The Bertz CT molecular complexity index is 492. The second-order valence-corrected chi connectivity index (χ2v) is 5.21. The van der Waals surface area contributed by atoms with Crippen LogP contribution in [0, 0.1) is 0 Å². The summed E-state index contributed by atoms with van der Waals surface area (Å²) in [6, 6.07) is 3.68. The van der Waals surface area contributed by atoms with Gasteiger partial charge in [0.15, 0.2) is 0 Å². The summed E-state index contributed by atoms with van der Waals surface area (Å²) in [5.41, 5.74) is 0.761. The Kier molecular flexibility index (Phi) is 3.04. The second-order valence-electron chi connectivity index (χ2n) is 2.63. The molecule has 0 aliphatic rings. The fourth-order valence-electron chi connectivity index (χ4n) is 1.02. The van der Waals surface area contributed by atoms with Gasteiger partial charge in [0.25, 0.3) is 0 Å². The van der Waals surface area contributed by atoms with E-state index in [1.807, 2.05) is 11.4 Å². The van der Waals surface area contributed by atoms with Crippen LogP contribution in [0.1, 0.15) is 9.80 Å². The molecule has 0 bridgehead atoms. The van der Waals surface area contributed by atoms with Crippen LogP contribution < -0.4 is 0 Å². The summed E-state index contributed by atoms with van der Waals surface area (Å²) < 4.78 is 5.28. The minimum Gasteiger partial charge on any atom is -0.464 e. The minimum absolute atomic E-state index is 0.358. The van der Waals surface area contributed by atoms with Gasteiger partial charge in [0.1, 0.15) is 0 Å². The first-order chi connectivity index (χ1) is 7.20. The van der Waals surface area contributed by atoms with Crippen LogP contribution in [-0.4, -0.2) is 18.1 Å². The van der Waals surface area contributed by atoms with E-state index in [9.17, 15) is 4.79 Å². The number of methoxy groups -OCH3 is 1. The van der Waals surface area contributed by atoms with Crippen molar-refractivity contribution < 1.29 is 9.53 Å². The van der Waals surface area contributed by atoms with E-state index in [0.717, 1.165) is 10.6 Å². The summed E-state index contributed by atoms with van der Waals surface area (Å²) in [6.45, 7) is 0. The van der Waals surface area contributed by atoms with E-state index in [4.69, 9.17) is 11.6 Å². The monoisotopic (exact) mass is 259 g/mol. The average Bonchev–Trinajstić information content (AvgIpc) is 2.84. The highest BCUT2D eigenvalue weighted by molar-refractivity contribution is 7.19. The van der Waals surface area contributed by atoms with Crippen LogP contribution in [0.5, 0.6) is 0 Å². The SMILES string of the molecule is COC(=O)c1nc(-c2ccc(Cl)s2)cs1. The molecule has 2 heterocycles. The third kappa shape index (κ3) is 2.19. The maximum absolute atomic E-state index is 11.2. The number of hydrogen-bond acceptors (Lipinski definition) is 5. The number of carbonyl (C=O) groups excluding carboxylic acids is 1. The molecule has 0 unspecified atom stereocenters. The van der Waals surface area contributed by atoms with Gasteiger partial charge in [0, 0.05) is 5.38 Å². The van der Waals surface area contributed by atoms with Crippen LogP contribution in [0.2, 0.25) is 4.34 Å². The summed E-state index contributed by atoms with van der Waals surface area (Å²) in [5.74, 6) is -0.408. The standard InChI is InChI=1S/C9H6ClNO2S2/c1-13-9(12)8-11-5(4-14-8)6-2-3-7(10)15-6/h2-4H,1H3. The maximum Gasteiger partial charge on any atom is 0.367 e. The molecule has 0 aliphatic carbocycles. The molecule has 0 saturated heterocycles. The lowest BCUT2D eigenvalue weighted by molar-refractivity contribution is 0.0600. The number of carbonyl (C=O) groups is 1. The van der Waals surface area contributed by atoms with Crippen LogP contribution in [0.25, 0.3) is 10.6 Å². The van der Waals surface area contributed by atoms with Crippen molar-refractivity contribution >= 4 is 40.2 Å². The Hall–Kier alpha value is -0.910. The van der Waals surface area contributed by atoms with Gasteiger partial charge in [-0.25, -0.2) is 9.78 Å². The quantitative estimate of drug-likeness (QED) is 0.777. The van der Waals surface area contributed by atoms with Crippen molar-refractivity contribution in [3.8, 4) is 10.6 Å². The van der Waals surface area contributed by atoms with Crippen LogP contribution >= 0.6 is 34.3 Å². The lowest BCUT2D eigenvalue weighted by Crippen LogP contribution is -1.99. The molecule has 2 rings (SSSR count). The number of hydrogen-bond donors (Lipinski definition) is 0. The molecular weight excluding hydrogens is 254 g/mol. The lowest BCUT2D eigenvalue weighted by atomic mass is 10.4. The van der Waals surface area contributed by atoms with Gasteiger partial charge in [-0.15, -0.1) is 22.7 Å². The molecule has 0 aromatic carbocycles. The number of thiazole rings is 1. The fraction of sp³-hybridized carbons (Fsp3) is 0.111. The number of rotatable bonds is 2. The van der Waals surface area contributed by atoms with Crippen LogP contribution in [0.4, 0.5) is 0 Å². The van der Waals surface area contributed by atoms with Gasteiger partial charge in [-0.2, -0.15) is 0 Å². The van der Waals surface area contributed by atoms with E-state index in [-0.39, 0.29) is 0 Å². The molecule has 3 nitrogen and oxygen atoms in total. The summed E-state index contributed by atoms with van der Waals surface area (Å²) in [6.07, 6.45) is 0. The largest absolute Gasteiger partial charge is 0.464 e. The summed E-state index contributed by atoms with van der Waals surface area (Å²) in [5, 5.41) is 2.17. The van der Waals surface area contributed by atoms with Crippen LogP contribution in [0.3, 0.4) is 0 Å². The molecule has 0 atom stereocenters. The first-order valence-corrected chi connectivity index (χ1v) is 6.07. The Morgan fingerprint density at radius 1 is 1.53 bits per heavy atom. The van der Waals surface area contributed by atoms with E-state index in [2.05, 4.69) is 9.72 Å². The van der Waals surface area contributed by atoms with Gasteiger partial charge in [-0.05, 0) is 12.1 Å². The molecule has 2 aromatic rings. The average molecular weight is 260 g/mol. The number of aromatic nitrogens is 1. The van der Waals surface area contributed by atoms with E-state index in [0.29, 0.717) is 9.34 Å². The Morgan fingerprint density at radius 2 is 2.33 bits per heavy atom. The molecule has 0 radical (unpaired) electrons. The van der Waals surface area contributed by atoms with Crippen LogP contribution in [0.15, 0.2) is 17.5 Å². The van der Waals surface area contributed by atoms with Gasteiger partial charge in [0.05, 0.1) is 22.0 Å². The van der Waals surface area contributed by atoms with E-state index < -0.39 is 5.97 Å². The minimum atomic E-state index is -0.408. The topological polar surface area (TPSA) is 39.2 Å². The molecule has 0 spiro atoms. The summed E-state index contributed by atoms with van der Waals surface area (Å²) >= 11 is 8.50. The molecule has 2 aromatic heterocycles. The highest BCUT2D eigenvalue weighted by Gasteiger charge is 2.12. The van der Waals surface area contributed by atoms with Gasteiger partial charge in [-0.3, -0.25) is 0 Å². The zero-order valence-electron chi connectivity index (χ0n) is 7.69. The molecule has 0 aliphatic heterocycles. The van der Waals surface area contributed by atoms with Gasteiger partial charge >= 0.3 is 5.97 Å². The van der Waals surface area contributed by atoms with Crippen molar-refractivity contribution in [2.24, 2.45) is 0 Å². The maximum atomic E-state index is 11.2. The predicted molar refractivity (Wildman–Crippen MR) is 61.8 cm³/mol. The van der Waals surface area contributed by atoms with E-state index >= 15 is 0 Å². The number of halogens is 1. The number of ether oxygens (including phenoxy) is 1. The molecule has 6 heteroatoms. The zero-order valence-corrected chi connectivity index (χ0v) is 10.1. The Morgan fingerprint density at radius 3 is 2.93 bits per heavy atom. The predicted octanol–water partition coefficient (Wildman–Crippen LogP) is 3.31. The normalized spacial score (nSPS) is 10.3. The molecule has 0 N–H and O–H groups in total. The molecular formula is C9H6ClNO2S2. The first kappa shape index (κ1) is 10.6. The van der Waals surface area contributed by atoms with E-state index in [1.54, 1.807) is 6.07 Å². The van der Waals surface area contributed by atoms with Crippen molar-refractivity contribution in [1.29, 1.82) is 0 Å². The van der Waals surface area contributed by atoms with Gasteiger partial charge in [-0.1, -0.05) is 11.6 Å². The van der Waals surface area contributed by atoms with Gasteiger partial charge < -0.3 is 4.74 Å². The van der Waals surface area contributed by atoms with Crippen molar-refractivity contribution in [3.63, 3.8) is 0 Å². The molecule has 0 saturated carbocycles.